The first-order valence-electron chi connectivity index (χ1n) is 9.51. The second-order valence-electron chi connectivity index (χ2n) is 6.27. The van der Waals surface area contributed by atoms with E-state index in [1.807, 2.05) is 13.8 Å². The van der Waals surface area contributed by atoms with Gasteiger partial charge in [0.05, 0.1) is 34.5 Å². The van der Waals surface area contributed by atoms with Gasteiger partial charge in [-0.2, -0.15) is 0 Å². The van der Waals surface area contributed by atoms with Crippen LogP contribution < -0.4 is 5.32 Å². The van der Waals surface area contributed by atoms with Crippen LogP contribution in [0.5, 0.6) is 0 Å². The maximum Gasteiger partial charge on any atom is 0.209 e. The van der Waals surface area contributed by atoms with E-state index >= 15 is 0 Å². The Morgan fingerprint density at radius 3 is 1.89 bits per heavy atom. The van der Waals surface area contributed by atoms with Gasteiger partial charge in [-0.3, -0.25) is 14.6 Å². The molecule has 2 rings (SSSR count). The largest absolute Gasteiger partial charge is 0.378 e. The molecule has 0 aliphatic carbocycles. The highest BCUT2D eigenvalue weighted by Crippen LogP contribution is 2.23. The van der Waals surface area contributed by atoms with Gasteiger partial charge in [-0.05, 0) is 6.92 Å². The van der Waals surface area contributed by atoms with E-state index in [1.165, 1.54) is 6.20 Å². The van der Waals surface area contributed by atoms with Gasteiger partial charge in [0.15, 0.2) is 6.29 Å². The van der Waals surface area contributed by atoms with Crippen LogP contribution in [0.25, 0.3) is 0 Å². The molecular weight excluding hydrogens is 401 g/mol. The number of morpholine rings is 1. The molecule has 8 heteroatoms. The molecule has 1 aromatic rings. The van der Waals surface area contributed by atoms with E-state index in [1.54, 1.807) is 11.8 Å². The van der Waals surface area contributed by atoms with Crippen LogP contribution in [0.2, 0.25) is 10.0 Å². The van der Waals surface area contributed by atoms with Gasteiger partial charge in [-0.15, -0.1) is 0 Å². The van der Waals surface area contributed by atoms with Crippen LogP contribution >= 0.6 is 23.2 Å². The van der Waals surface area contributed by atoms with Crippen molar-refractivity contribution in [1.82, 2.24) is 15.2 Å². The summed E-state index contributed by atoms with van der Waals surface area (Å²) in [5.41, 5.74) is 0.916. The maximum atomic E-state index is 10.4. The fourth-order valence-electron chi connectivity index (χ4n) is 2.04. The minimum absolute atomic E-state index is 0.288. The number of ether oxygens (including phenoxy) is 1. The molecule has 6 nitrogen and oxygen atoms in total. The minimum Gasteiger partial charge on any atom is -0.378 e. The van der Waals surface area contributed by atoms with Crippen molar-refractivity contribution < 1.29 is 14.3 Å². The zero-order chi connectivity index (χ0) is 22.1. The third-order valence-electron chi connectivity index (χ3n) is 3.16. The number of aromatic nitrogens is 1. The summed E-state index contributed by atoms with van der Waals surface area (Å²) >= 11 is 11.3. The summed E-state index contributed by atoms with van der Waals surface area (Å²) in [5.74, 6) is 0. The maximum absolute atomic E-state index is 10.4. The number of rotatable bonds is 4. The number of hydrogen-bond acceptors (Lipinski definition) is 5. The van der Waals surface area contributed by atoms with Crippen molar-refractivity contribution in [3.63, 3.8) is 0 Å². The highest BCUT2D eigenvalue weighted by atomic mass is 35.5. The number of aryl methyl sites for hydroxylation is 1. The number of pyridine rings is 1. The normalized spacial score (nSPS) is 12.8. The molecular formula is C20H35Cl2N3O3. The second-order valence-corrected chi connectivity index (χ2v) is 7.05. The van der Waals surface area contributed by atoms with Gasteiger partial charge in [0.1, 0.15) is 0 Å². The Labute approximate surface area is 179 Å². The first-order chi connectivity index (χ1) is 13.2. The monoisotopic (exact) mass is 435 g/mol. The Kier molecular flexibility index (Phi) is 18.5. The molecule has 0 atom stereocenters. The summed E-state index contributed by atoms with van der Waals surface area (Å²) < 4.78 is 5.00. The van der Waals surface area contributed by atoms with Crippen LogP contribution in [0, 0.1) is 6.92 Å². The Morgan fingerprint density at radius 1 is 1.11 bits per heavy atom. The average molecular weight is 436 g/mol. The van der Waals surface area contributed by atoms with Crippen molar-refractivity contribution in [2.24, 2.45) is 0 Å². The predicted octanol–water partition coefficient (Wildman–Crippen LogP) is 4.40. The number of aldehydes is 1. The summed E-state index contributed by atoms with van der Waals surface area (Å²) in [7, 11) is 0. The molecule has 0 saturated carbocycles. The van der Waals surface area contributed by atoms with Gasteiger partial charge in [-0.25, -0.2) is 0 Å². The molecule has 1 aliphatic rings. The van der Waals surface area contributed by atoms with Crippen molar-refractivity contribution >= 4 is 35.9 Å². The molecule has 0 unspecified atom stereocenters. The van der Waals surface area contributed by atoms with Crippen molar-refractivity contribution in [2.75, 3.05) is 26.3 Å². The smallest absolute Gasteiger partial charge is 0.209 e. The highest BCUT2D eigenvalue weighted by Gasteiger charge is 2.07. The van der Waals surface area contributed by atoms with Gasteiger partial charge in [0, 0.05) is 31.4 Å². The SMILES string of the molecule is CC.CC(C)NC(C)C.Cc1ncc(Cl)c(C=O)c1Cl.O=CN1CCOCC1. The van der Waals surface area contributed by atoms with E-state index < -0.39 is 0 Å². The van der Waals surface area contributed by atoms with Crippen LogP contribution in [0.1, 0.15) is 57.6 Å². The molecule has 1 N–H and O–H groups in total. The third-order valence-corrected chi connectivity index (χ3v) is 3.94. The first kappa shape index (κ1) is 29.0. The molecule has 1 fully saturated rings. The van der Waals surface area contributed by atoms with Gasteiger partial charge in [0.2, 0.25) is 6.41 Å². The number of hydrogen-bond donors (Lipinski definition) is 1. The Hall–Kier alpha value is -1.21. The van der Waals surface area contributed by atoms with Crippen LogP contribution in [0.4, 0.5) is 0 Å². The number of nitrogens with one attached hydrogen (secondary N) is 1. The molecule has 28 heavy (non-hydrogen) atoms. The first-order valence-corrected chi connectivity index (χ1v) is 10.3. The Morgan fingerprint density at radius 2 is 1.61 bits per heavy atom. The molecule has 1 amide bonds. The number of halogens is 2. The number of nitrogens with zero attached hydrogens (tertiary/aromatic N) is 2. The minimum atomic E-state index is 0.288. The van der Waals surface area contributed by atoms with E-state index in [0.717, 1.165) is 19.5 Å². The van der Waals surface area contributed by atoms with Crippen LogP contribution in [0.15, 0.2) is 6.20 Å². The fraction of sp³-hybridized carbons (Fsp3) is 0.650. The zero-order valence-electron chi connectivity index (χ0n) is 18.1. The van der Waals surface area contributed by atoms with Gasteiger partial charge >= 0.3 is 0 Å². The van der Waals surface area contributed by atoms with Gasteiger partial charge in [-0.1, -0.05) is 64.7 Å². The van der Waals surface area contributed by atoms with Crippen LogP contribution in [-0.4, -0.2) is 61.0 Å². The summed E-state index contributed by atoms with van der Waals surface area (Å²) in [5, 5.41) is 3.92. The van der Waals surface area contributed by atoms with Crippen molar-refractivity contribution in [3.8, 4) is 0 Å². The zero-order valence-corrected chi connectivity index (χ0v) is 19.6. The molecule has 0 bridgehead atoms. The molecule has 0 spiro atoms. The Bertz CT molecular complexity index is 544. The molecule has 2 heterocycles. The summed E-state index contributed by atoms with van der Waals surface area (Å²) in [4.78, 5) is 26.0. The summed E-state index contributed by atoms with van der Waals surface area (Å²) in [6.07, 6.45) is 2.90. The number of carbonyl (C=O) groups excluding carboxylic acids is 2. The lowest BCUT2D eigenvalue weighted by atomic mass is 10.2. The van der Waals surface area contributed by atoms with E-state index in [-0.39, 0.29) is 5.02 Å². The quantitative estimate of drug-likeness (QED) is 0.709. The standard InChI is InChI=1S/C7H5Cl2NO.C6H15N.C5H9NO2.C2H6/c1-4-7(9)5(3-11)6(8)2-10-4;1-5(2)7-6(3)4;7-5-6-1-3-8-4-2-6;1-2/h2-3H,1H3;5-7H,1-4H3;5H,1-4H2;1-2H3. The second kappa shape index (κ2) is 17.9. The van der Waals surface area contributed by atoms with Crippen LogP contribution in [-0.2, 0) is 9.53 Å². The highest BCUT2D eigenvalue weighted by molar-refractivity contribution is 6.38. The lowest BCUT2D eigenvalue weighted by Crippen LogP contribution is -2.34. The van der Waals surface area contributed by atoms with Gasteiger partial charge < -0.3 is 15.0 Å². The lowest BCUT2D eigenvalue weighted by Gasteiger charge is -2.21. The summed E-state index contributed by atoms with van der Waals surface area (Å²) in [6, 6.07) is 1.25. The third kappa shape index (κ3) is 13.9. The predicted molar refractivity (Wildman–Crippen MR) is 118 cm³/mol. The van der Waals surface area contributed by atoms with E-state index in [9.17, 15) is 9.59 Å². The van der Waals surface area contributed by atoms with Crippen LogP contribution in [0.3, 0.4) is 0 Å². The topological polar surface area (TPSA) is 71.5 Å². The van der Waals surface area contributed by atoms with Crippen molar-refractivity contribution in [1.29, 1.82) is 0 Å². The Balaban J connectivity index is 0. The van der Waals surface area contributed by atoms with Crippen molar-refractivity contribution in [2.45, 2.75) is 60.5 Å². The average Bonchev–Trinajstić information content (AvgIpc) is 2.67. The molecule has 1 aromatic heterocycles. The fourth-order valence-corrected chi connectivity index (χ4v) is 2.47. The lowest BCUT2D eigenvalue weighted by molar-refractivity contribution is -0.121. The molecule has 1 saturated heterocycles. The molecule has 1 aliphatic heterocycles. The van der Waals surface area contributed by atoms with E-state index in [4.69, 9.17) is 27.9 Å². The van der Waals surface area contributed by atoms with E-state index in [2.05, 4.69) is 38.0 Å². The molecule has 0 aromatic carbocycles. The number of carbonyl (C=O) groups is 2. The van der Waals surface area contributed by atoms with Gasteiger partial charge in [0.25, 0.3) is 0 Å². The van der Waals surface area contributed by atoms with E-state index in [0.29, 0.717) is 47.9 Å². The summed E-state index contributed by atoms with van der Waals surface area (Å²) in [6.45, 7) is 17.2. The molecule has 162 valence electrons. The number of amides is 1. The van der Waals surface area contributed by atoms with Crippen molar-refractivity contribution in [3.05, 3.63) is 27.5 Å². The molecule has 0 radical (unpaired) electrons.